The predicted molar refractivity (Wildman–Crippen MR) is 72.0 cm³/mol. The van der Waals surface area contributed by atoms with E-state index in [0.717, 1.165) is 11.0 Å². The van der Waals surface area contributed by atoms with E-state index in [1.165, 1.54) is 0 Å². The lowest BCUT2D eigenvalue weighted by atomic mass is 10.1. The molecule has 1 N–H and O–H groups in total. The first-order chi connectivity index (χ1) is 9.13. The van der Waals surface area contributed by atoms with Crippen LogP contribution in [0.4, 0.5) is 0 Å². The summed E-state index contributed by atoms with van der Waals surface area (Å²) in [6, 6.07) is 5.55. The number of ether oxygens (including phenoxy) is 1. The van der Waals surface area contributed by atoms with Crippen LogP contribution >= 0.6 is 0 Å². The van der Waals surface area contributed by atoms with Gasteiger partial charge in [0.15, 0.2) is 0 Å². The molecule has 3 rings (SSSR count). The first-order valence-electron chi connectivity index (χ1n) is 6.51. The molecular formula is C14H17N3O2. The number of aromatic nitrogens is 2. The van der Waals surface area contributed by atoms with E-state index in [1.54, 1.807) is 6.33 Å². The fraction of sp³-hybridized carbons (Fsp3) is 0.429. The van der Waals surface area contributed by atoms with Crippen molar-refractivity contribution in [1.29, 1.82) is 0 Å². The van der Waals surface area contributed by atoms with E-state index in [-0.39, 0.29) is 18.1 Å². The van der Waals surface area contributed by atoms with Gasteiger partial charge in [-0.25, -0.2) is 4.98 Å². The number of nitrogens with zero attached hydrogens (tertiary/aromatic N) is 2. The first-order valence-corrected chi connectivity index (χ1v) is 6.51. The molecule has 0 radical (unpaired) electrons. The summed E-state index contributed by atoms with van der Waals surface area (Å²) in [5.74, 6) is 0.0542. The number of carbonyl (C=O) groups is 1. The molecule has 2 heterocycles. The number of H-pyrrole nitrogens is 1. The van der Waals surface area contributed by atoms with E-state index in [9.17, 15) is 4.79 Å². The molecule has 0 saturated carbocycles. The maximum Gasteiger partial charge on any atom is 0.254 e. The van der Waals surface area contributed by atoms with Gasteiger partial charge >= 0.3 is 0 Å². The van der Waals surface area contributed by atoms with Gasteiger partial charge in [0.2, 0.25) is 0 Å². The van der Waals surface area contributed by atoms with Crippen LogP contribution in [0.1, 0.15) is 24.2 Å². The summed E-state index contributed by atoms with van der Waals surface area (Å²) >= 11 is 0. The number of benzene rings is 1. The molecule has 0 bridgehead atoms. The predicted octanol–water partition coefficient (Wildman–Crippen LogP) is 1.81. The van der Waals surface area contributed by atoms with Gasteiger partial charge < -0.3 is 14.6 Å². The molecule has 0 unspecified atom stereocenters. The number of amides is 1. The van der Waals surface area contributed by atoms with E-state index < -0.39 is 0 Å². The summed E-state index contributed by atoms with van der Waals surface area (Å²) in [4.78, 5) is 21.5. The normalized spacial score (nSPS) is 23.8. The fourth-order valence-electron chi connectivity index (χ4n) is 2.59. The van der Waals surface area contributed by atoms with E-state index in [0.29, 0.717) is 18.7 Å². The highest BCUT2D eigenvalue weighted by Gasteiger charge is 2.26. The van der Waals surface area contributed by atoms with Crippen molar-refractivity contribution in [2.75, 3.05) is 13.1 Å². The van der Waals surface area contributed by atoms with Gasteiger partial charge in [-0.1, -0.05) is 0 Å². The molecule has 1 aliphatic heterocycles. The van der Waals surface area contributed by atoms with Crippen LogP contribution in [0.25, 0.3) is 11.0 Å². The Hall–Kier alpha value is -1.88. The molecule has 5 nitrogen and oxygen atoms in total. The molecule has 1 aromatic carbocycles. The Bertz CT molecular complexity index is 598. The number of hydrogen-bond acceptors (Lipinski definition) is 3. The van der Waals surface area contributed by atoms with Gasteiger partial charge in [0.1, 0.15) is 0 Å². The highest BCUT2D eigenvalue weighted by Crippen LogP contribution is 2.17. The van der Waals surface area contributed by atoms with Gasteiger partial charge in [0.25, 0.3) is 5.91 Å². The van der Waals surface area contributed by atoms with Crippen LogP contribution in [0, 0.1) is 0 Å². The maximum absolute atomic E-state index is 12.5. The lowest BCUT2D eigenvalue weighted by molar-refractivity contribution is -0.0586. The quantitative estimate of drug-likeness (QED) is 0.849. The highest BCUT2D eigenvalue weighted by molar-refractivity contribution is 5.97. The molecule has 1 fully saturated rings. The van der Waals surface area contributed by atoms with E-state index >= 15 is 0 Å². The van der Waals surface area contributed by atoms with Crippen LogP contribution in [-0.2, 0) is 4.74 Å². The number of imidazole rings is 1. The van der Waals surface area contributed by atoms with Crippen molar-refractivity contribution < 1.29 is 9.53 Å². The van der Waals surface area contributed by atoms with Crippen LogP contribution in [0.15, 0.2) is 24.5 Å². The van der Waals surface area contributed by atoms with Gasteiger partial charge in [-0.2, -0.15) is 0 Å². The minimum Gasteiger partial charge on any atom is -0.372 e. The second kappa shape index (κ2) is 4.66. The Balaban J connectivity index is 1.86. The summed E-state index contributed by atoms with van der Waals surface area (Å²) in [6.07, 6.45) is 1.81. The van der Waals surface area contributed by atoms with Crippen LogP contribution in [0.5, 0.6) is 0 Å². The van der Waals surface area contributed by atoms with E-state index in [4.69, 9.17) is 4.74 Å². The molecule has 0 aliphatic carbocycles. The van der Waals surface area contributed by atoms with Crippen LogP contribution in [0.2, 0.25) is 0 Å². The summed E-state index contributed by atoms with van der Waals surface area (Å²) in [7, 11) is 0. The Labute approximate surface area is 111 Å². The van der Waals surface area contributed by atoms with Crippen molar-refractivity contribution in [2.24, 2.45) is 0 Å². The van der Waals surface area contributed by atoms with Gasteiger partial charge in [-0.05, 0) is 32.0 Å². The lowest BCUT2D eigenvalue weighted by Gasteiger charge is -2.35. The molecule has 5 heteroatoms. The number of fused-ring (bicyclic) bond motifs is 1. The van der Waals surface area contributed by atoms with Gasteiger partial charge in [-0.3, -0.25) is 4.79 Å². The number of hydrogen-bond donors (Lipinski definition) is 1. The fourth-order valence-corrected chi connectivity index (χ4v) is 2.59. The highest BCUT2D eigenvalue weighted by atomic mass is 16.5. The number of nitrogens with one attached hydrogen (secondary N) is 1. The maximum atomic E-state index is 12.5. The summed E-state index contributed by atoms with van der Waals surface area (Å²) in [6.45, 7) is 5.27. The second-order valence-corrected chi connectivity index (χ2v) is 5.10. The SMILES string of the molecule is C[C@@H]1CN(C(=O)c2ccc3nc[nH]c3c2)C[C@H](C)O1. The molecule has 2 aromatic rings. The topological polar surface area (TPSA) is 58.2 Å². The average molecular weight is 259 g/mol. The molecule has 1 amide bonds. The Morgan fingerprint density at radius 1 is 1.37 bits per heavy atom. The lowest BCUT2D eigenvalue weighted by Crippen LogP contribution is -2.48. The molecule has 1 aliphatic rings. The molecule has 100 valence electrons. The Kier molecular flexibility index (Phi) is 2.98. The Morgan fingerprint density at radius 2 is 2.11 bits per heavy atom. The number of rotatable bonds is 1. The summed E-state index contributed by atoms with van der Waals surface area (Å²) < 4.78 is 5.65. The van der Waals surface area contributed by atoms with E-state index in [2.05, 4.69) is 9.97 Å². The van der Waals surface area contributed by atoms with Crippen LogP contribution in [-0.4, -0.2) is 46.1 Å². The first kappa shape index (κ1) is 12.2. The smallest absolute Gasteiger partial charge is 0.254 e. The zero-order valence-corrected chi connectivity index (χ0v) is 11.1. The van der Waals surface area contributed by atoms with Gasteiger partial charge in [0.05, 0.1) is 29.6 Å². The van der Waals surface area contributed by atoms with Gasteiger partial charge in [-0.15, -0.1) is 0 Å². The van der Waals surface area contributed by atoms with Crippen LogP contribution < -0.4 is 0 Å². The van der Waals surface area contributed by atoms with Crippen LogP contribution in [0.3, 0.4) is 0 Å². The Morgan fingerprint density at radius 3 is 2.84 bits per heavy atom. The largest absolute Gasteiger partial charge is 0.372 e. The standard InChI is InChI=1S/C14H17N3O2/c1-9-6-17(7-10(2)19-9)14(18)11-3-4-12-13(5-11)16-8-15-12/h3-5,8-10H,6-7H2,1-2H3,(H,15,16)/t9-,10+. The number of morpholine rings is 1. The van der Waals surface area contributed by atoms with Crippen molar-refractivity contribution in [3.05, 3.63) is 30.1 Å². The second-order valence-electron chi connectivity index (χ2n) is 5.10. The number of carbonyl (C=O) groups excluding carboxylic acids is 1. The summed E-state index contributed by atoms with van der Waals surface area (Å²) in [5.41, 5.74) is 2.46. The summed E-state index contributed by atoms with van der Waals surface area (Å²) in [5, 5.41) is 0. The minimum absolute atomic E-state index is 0.0542. The molecule has 2 atom stereocenters. The number of aromatic amines is 1. The monoisotopic (exact) mass is 259 g/mol. The van der Waals surface area contributed by atoms with Crippen molar-refractivity contribution in [3.63, 3.8) is 0 Å². The van der Waals surface area contributed by atoms with Crippen molar-refractivity contribution in [3.8, 4) is 0 Å². The minimum atomic E-state index is 0.0542. The molecule has 19 heavy (non-hydrogen) atoms. The third kappa shape index (κ3) is 2.33. The molecule has 0 spiro atoms. The zero-order valence-electron chi connectivity index (χ0n) is 11.1. The van der Waals surface area contributed by atoms with Crippen molar-refractivity contribution in [1.82, 2.24) is 14.9 Å². The molecule has 1 saturated heterocycles. The zero-order chi connectivity index (χ0) is 13.4. The average Bonchev–Trinajstić information content (AvgIpc) is 2.83. The third-order valence-electron chi connectivity index (χ3n) is 3.37. The van der Waals surface area contributed by atoms with Crippen molar-refractivity contribution >= 4 is 16.9 Å². The molecule has 1 aromatic heterocycles. The van der Waals surface area contributed by atoms with E-state index in [1.807, 2.05) is 36.9 Å². The molecular weight excluding hydrogens is 242 g/mol. The third-order valence-corrected chi connectivity index (χ3v) is 3.37. The van der Waals surface area contributed by atoms with Gasteiger partial charge in [0, 0.05) is 18.7 Å². The van der Waals surface area contributed by atoms with Crippen molar-refractivity contribution in [2.45, 2.75) is 26.1 Å².